The normalized spacial score (nSPS) is 11.6. The van der Waals surface area contributed by atoms with Gasteiger partial charge in [-0.3, -0.25) is 4.99 Å². The van der Waals surface area contributed by atoms with Crippen molar-refractivity contribution in [1.82, 2.24) is 15.6 Å². The lowest BCUT2D eigenvalue weighted by atomic mass is 10.2. The van der Waals surface area contributed by atoms with Crippen molar-refractivity contribution < 1.29 is 8.78 Å². The summed E-state index contributed by atoms with van der Waals surface area (Å²) in [7, 11) is 1.64. The number of nitrogens with zero attached hydrogens (tertiary/aromatic N) is 2. The predicted octanol–water partition coefficient (Wildman–Crippen LogP) is 3.20. The van der Waals surface area contributed by atoms with Gasteiger partial charge in [0.1, 0.15) is 11.6 Å². The van der Waals surface area contributed by atoms with Crippen LogP contribution in [0.15, 0.2) is 23.2 Å². The molecule has 130 valence electrons. The molecule has 1 heterocycles. The maximum absolute atomic E-state index is 13.6. The first kappa shape index (κ1) is 18.3. The predicted molar refractivity (Wildman–Crippen MR) is 94.5 cm³/mol. The molecule has 2 aromatic rings. The molecule has 0 amide bonds. The Bertz CT molecular complexity index is 713. The van der Waals surface area contributed by atoms with Crippen molar-refractivity contribution in [3.63, 3.8) is 0 Å². The molecule has 0 radical (unpaired) electrons. The number of halogens is 2. The lowest BCUT2D eigenvalue weighted by Crippen LogP contribution is -2.38. The van der Waals surface area contributed by atoms with Gasteiger partial charge in [-0.05, 0) is 31.5 Å². The fraction of sp³-hybridized carbons (Fsp3) is 0.412. The molecule has 0 aliphatic heterocycles. The number of nitrogens with one attached hydrogen (secondary N) is 2. The zero-order valence-corrected chi connectivity index (χ0v) is 14.9. The highest BCUT2D eigenvalue weighted by Gasteiger charge is 2.07. The van der Waals surface area contributed by atoms with Crippen LogP contribution in [0.1, 0.15) is 28.1 Å². The number of benzene rings is 1. The molecule has 0 fully saturated rings. The van der Waals surface area contributed by atoms with Crippen molar-refractivity contribution in [2.45, 2.75) is 33.2 Å². The summed E-state index contributed by atoms with van der Waals surface area (Å²) in [6, 6.07) is 3.41. The van der Waals surface area contributed by atoms with Crippen LogP contribution < -0.4 is 10.6 Å². The van der Waals surface area contributed by atoms with Crippen LogP contribution in [0.2, 0.25) is 0 Å². The van der Waals surface area contributed by atoms with Crippen LogP contribution in [0.3, 0.4) is 0 Å². The van der Waals surface area contributed by atoms with Crippen LogP contribution in [0, 0.1) is 18.6 Å². The highest BCUT2D eigenvalue weighted by molar-refractivity contribution is 7.11. The minimum Gasteiger partial charge on any atom is -0.356 e. The largest absolute Gasteiger partial charge is 0.356 e. The van der Waals surface area contributed by atoms with Crippen LogP contribution >= 0.6 is 11.3 Å². The molecule has 0 saturated carbocycles. The van der Waals surface area contributed by atoms with Crippen molar-refractivity contribution in [1.29, 1.82) is 0 Å². The van der Waals surface area contributed by atoms with Gasteiger partial charge in [-0.15, -0.1) is 11.3 Å². The molecule has 24 heavy (non-hydrogen) atoms. The first-order chi connectivity index (χ1) is 11.5. The monoisotopic (exact) mass is 352 g/mol. The second-order valence-electron chi connectivity index (χ2n) is 5.30. The summed E-state index contributed by atoms with van der Waals surface area (Å²) in [5, 5.41) is 7.23. The summed E-state index contributed by atoms with van der Waals surface area (Å²) in [6.45, 7) is 5.02. The Balaban J connectivity index is 1.83. The Morgan fingerprint density at radius 2 is 2.08 bits per heavy atom. The van der Waals surface area contributed by atoms with Crippen molar-refractivity contribution in [3.05, 3.63) is 51.0 Å². The third-order valence-corrected chi connectivity index (χ3v) is 4.65. The number of thiazole rings is 1. The van der Waals surface area contributed by atoms with Crippen molar-refractivity contribution in [3.8, 4) is 0 Å². The van der Waals surface area contributed by atoms with E-state index in [0.29, 0.717) is 12.5 Å². The Kier molecular flexibility index (Phi) is 6.66. The van der Waals surface area contributed by atoms with Crippen molar-refractivity contribution in [2.75, 3.05) is 13.6 Å². The highest BCUT2D eigenvalue weighted by atomic mass is 32.1. The molecule has 0 bridgehead atoms. The lowest BCUT2D eigenvalue weighted by molar-refractivity contribution is 0.581. The third-order valence-electron chi connectivity index (χ3n) is 3.58. The number of hydrogen-bond acceptors (Lipinski definition) is 3. The van der Waals surface area contributed by atoms with E-state index in [0.717, 1.165) is 35.7 Å². The number of hydrogen-bond donors (Lipinski definition) is 2. The maximum Gasteiger partial charge on any atom is 0.191 e. The van der Waals surface area contributed by atoms with Gasteiger partial charge in [-0.2, -0.15) is 0 Å². The fourth-order valence-electron chi connectivity index (χ4n) is 2.29. The number of aliphatic imine (C=N–C) groups is 1. The van der Waals surface area contributed by atoms with E-state index in [-0.39, 0.29) is 12.1 Å². The summed E-state index contributed by atoms with van der Waals surface area (Å²) in [5.74, 6) is -0.352. The van der Waals surface area contributed by atoms with E-state index in [1.54, 1.807) is 18.4 Å². The molecule has 1 aromatic heterocycles. The minimum absolute atomic E-state index is 0.166. The van der Waals surface area contributed by atoms with Crippen LogP contribution in [0.5, 0.6) is 0 Å². The number of rotatable bonds is 6. The molecule has 2 N–H and O–H groups in total. The molecule has 0 saturated heterocycles. The second-order valence-corrected chi connectivity index (χ2v) is 6.59. The van der Waals surface area contributed by atoms with E-state index in [1.165, 1.54) is 10.9 Å². The average Bonchev–Trinajstić information content (AvgIpc) is 2.93. The van der Waals surface area contributed by atoms with Gasteiger partial charge < -0.3 is 10.6 Å². The smallest absolute Gasteiger partial charge is 0.191 e. The van der Waals surface area contributed by atoms with E-state index in [2.05, 4.69) is 34.5 Å². The fourth-order valence-corrected chi connectivity index (χ4v) is 3.31. The van der Waals surface area contributed by atoms with E-state index in [9.17, 15) is 8.78 Å². The van der Waals surface area contributed by atoms with E-state index in [1.807, 2.05) is 0 Å². The number of aryl methyl sites for hydroxylation is 2. The van der Waals surface area contributed by atoms with Gasteiger partial charge in [-0.25, -0.2) is 13.8 Å². The van der Waals surface area contributed by atoms with Gasteiger partial charge >= 0.3 is 0 Å². The summed E-state index contributed by atoms with van der Waals surface area (Å²) < 4.78 is 26.8. The molecule has 0 aliphatic carbocycles. The van der Waals surface area contributed by atoms with E-state index >= 15 is 0 Å². The van der Waals surface area contributed by atoms with Crippen LogP contribution in [-0.4, -0.2) is 24.5 Å². The summed E-state index contributed by atoms with van der Waals surface area (Å²) in [5.41, 5.74) is 1.42. The summed E-state index contributed by atoms with van der Waals surface area (Å²) in [4.78, 5) is 9.94. The third kappa shape index (κ3) is 4.99. The Labute approximate surface area is 145 Å². The van der Waals surface area contributed by atoms with Crippen LogP contribution in [0.4, 0.5) is 8.78 Å². The molecular weight excluding hydrogens is 330 g/mol. The maximum atomic E-state index is 13.6. The van der Waals surface area contributed by atoms with Gasteiger partial charge in [-0.1, -0.05) is 6.92 Å². The SMILES string of the molecule is CCc1nc(CCNC(=NC)NCc2cc(F)ccc2F)sc1C. The Hall–Kier alpha value is -2.02. The quantitative estimate of drug-likeness (QED) is 0.620. The van der Waals surface area contributed by atoms with Crippen LogP contribution in [0.25, 0.3) is 0 Å². The molecule has 1 aromatic carbocycles. The topological polar surface area (TPSA) is 49.3 Å². The Morgan fingerprint density at radius 1 is 1.29 bits per heavy atom. The van der Waals surface area contributed by atoms with Crippen molar-refractivity contribution >= 4 is 17.3 Å². The van der Waals surface area contributed by atoms with Gasteiger partial charge in [0.25, 0.3) is 0 Å². The molecule has 0 spiro atoms. The standard InChI is InChI=1S/C17H22F2N4S/c1-4-15-11(2)24-16(23-15)7-8-21-17(20-3)22-10-12-9-13(18)5-6-14(12)19/h5-6,9H,4,7-8,10H2,1-3H3,(H2,20,21,22). The number of aromatic nitrogens is 1. The van der Waals surface area contributed by atoms with Crippen molar-refractivity contribution in [2.24, 2.45) is 4.99 Å². The van der Waals surface area contributed by atoms with Gasteiger partial charge in [0.2, 0.25) is 0 Å². The lowest BCUT2D eigenvalue weighted by Gasteiger charge is -2.12. The van der Waals surface area contributed by atoms with E-state index < -0.39 is 11.6 Å². The summed E-state index contributed by atoms with van der Waals surface area (Å²) in [6.07, 6.45) is 1.73. The average molecular weight is 352 g/mol. The Morgan fingerprint density at radius 3 is 2.75 bits per heavy atom. The highest BCUT2D eigenvalue weighted by Crippen LogP contribution is 2.17. The second kappa shape index (κ2) is 8.73. The van der Waals surface area contributed by atoms with Crippen LogP contribution in [-0.2, 0) is 19.4 Å². The van der Waals surface area contributed by atoms with E-state index in [4.69, 9.17) is 0 Å². The molecular formula is C17H22F2N4S. The molecule has 0 aliphatic rings. The number of guanidine groups is 1. The molecule has 7 heteroatoms. The molecule has 2 rings (SSSR count). The first-order valence-corrected chi connectivity index (χ1v) is 8.68. The molecule has 0 atom stereocenters. The zero-order valence-electron chi connectivity index (χ0n) is 14.1. The van der Waals surface area contributed by atoms with Gasteiger partial charge in [0.15, 0.2) is 5.96 Å². The minimum atomic E-state index is -0.456. The van der Waals surface area contributed by atoms with Gasteiger partial charge in [0, 0.05) is 37.0 Å². The molecule has 0 unspecified atom stereocenters. The first-order valence-electron chi connectivity index (χ1n) is 7.87. The van der Waals surface area contributed by atoms with Gasteiger partial charge in [0.05, 0.1) is 10.7 Å². The molecule has 4 nitrogen and oxygen atoms in total. The zero-order chi connectivity index (χ0) is 17.5. The summed E-state index contributed by atoms with van der Waals surface area (Å²) >= 11 is 1.71.